The van der Waals surface area contributed by atoms with Crippen LogP contribution in [0.2, 0.25) is 0 Å². The number of carboxylic acid groups (broad SMARTS) is 1. The van der Waals surface area contributed by atoms with E-state index in [9.17, 15) is 17.6 Å². The molecular weight excluding hydrogens is 333 g/mol. The summed E-state index contributed by atoms with van der Waals surface area (Å²) in [7, 11) is -2.48. The van der Waals surface area contributed by atoms with Crippen LogP contribution in [-0.4, -0.2) is 26.5 Å². The minimum Gasteiger partial charge on any atom is -0.478 e. The van der Waals surface area contributed by atoms with Gasteiger partial charge in [-0.1, -0.05) is 12.1 Å². The average molecular weight is 349 g/mol. The maximum atomic E-state index is 13.4. The van der Waals surface area contributed by atoms with Crippen LogP contribution in [0.1, 0.15) is 11.1 Å². The van der Waals surface area contributed by atoms with Gasteiger partial charge in [0.2, 0.25) is 0 Å². The van der Waals surface area contributed by atoms with Crippen molar-refractivity contribution in [3.63, 3.8) is 0 Å². The van der Waals surface area contributed by atoms with Crippen LogP contribution < -0.4 is 4.31 Å². The van der Waals surface area contributed by atoms with E-state index in [1.807, 2.05) is 0 Å². The molecule has 0 heterocycles. The Balaban J connectivity index is 2.40. The average Bonchev–Trinajstić information content (AvgIpc) is 2.55. The zero-order chi connectivity index (χ0) is 17.9. The highest BCUT2D eigenvalue weighted by Crippen LogP contribution is 2.24. The van der Waals surface area contributed by atoms with Crippen molar-refractivity contribution in [1.29, 1.82) is 0 Å². The standard InChI is InChI=1S/C17H16FNO4S/c1-12-10-14(7-8-16(12)18)19(2)24(22,23)15-5-3-4-13(11-15)6-9-17(20)21/h3-11H,1-2H3,(H,20,21)/b9-6+. The van der Waals surface area contributed by atoms with E-state index in [0.29, 0.717) is 16.8 Å². The van der Waals surface area contributed by atoms with Gasteiger partial charge in [-0.25, -0.2) is 17.6 Å². The second kappa shape index (κ2) is 6.84. The van der Waals surface area contributed by atoms with Crippen molar-refractivity contribution in [3.05, 3.63) is 65.5 Å². The lowest BCUT2D eigenvalue weighted by molar-refractivity contribution is -0.131. The topological polar surface area (TPSA) is 74.7 Å². The third kappa shape index (κ3) is 3.80. The van der Waals surface area contributed by atoms with Gasteiger partial charge in [-0.2, -0.15) is 0 Å². The highest BCUT2D eigenvalue weighted by atomic mass is 32.2. The zero-order valence-electron chi connectivity index (χ0n) is 13.1. The summed E-state index contributed by atoms with van der Waals surface area (Å²) < 4.78 is 39.8. The molecule has 2 aromatic carbocycles. The van der Waals surface area contributed by atoms with Gasteiger partial charge >= 0.3 is 5.97 Å². The quantitative estimate of drug-likeness (QED) is 0.842. The number of carbonyl (C=O) groups is 1. The van der Waals surface area contributed by atoms with Crippen LogP contribution in [0, 0.1) is 12.7 Å². The molecule has 126 valence electrons. The number of carboxylic acids is 1. The summed E-state index contributed by atoms with van der Waals surface area (Å²) in [6.45, 7) is 1.55. The van der Waals surface area contributed by atoms with Crippen LogP contribution in [0.5, 0.6) is 0 Å². The summed E-state index contributed by atoms with van der Waals surface area (Å²) in [5.41, 5.74) is 1.12. The van der Waals surface area contributed by atoms with Crippen molar-refractivity contribution in [2.24, 2.45) is 0 Å². The molecular formula is C17H16FNO4S. The number of halogens is 1. The molecule has 5 nitrogen and oxygen atoms in total. The van der Waals surface area contributed by atoms with Crippen molar-refractivity contribution < 1.29 is 22.7 Å². The predicted molar refractivity (Wildman–Crippen MR) is 89.8 cm³/mol. The number of nitrogens with zero attached hydrogens (tertiary/aromatic N) is 1. The molecule has 0 radical (unpaired) electrons. The van der Waals surface area contributed by atoms with Gasteiger partial charge in [0.25, 0.3) is 10.0 Å². The number of benzene rings is 2. The molecule has 0 aliphatic heterocycles. The molecule has 0 unspecified atom stereocenters. The molecule has 1 N–H and O–H groups in total. The lowest BCUT2D eigenvalue weighted by Gasteiger charge is -2.20. The summed E-state index contributed by atoms with van der Waals surface area (Å²) in [4.78, 5) is 10.6. The van der Waals surface area contributed by atoms with Gasteiger partial charge in [0.15, 0.2) is 0 Å². The number of aliphatic carboxylic acids is 1. The second-order valence-corrected chi connectivity index (χ2v) is 7.12. The van der Waals surface area contributed by atoms with E-state index < -0.39 is 21.8 Å². The number of hydrogen-bond acceptors (Lipinski definition) is 3. The van der Waals surface area contributed by atoms with E-state index in [1.165, 1.54) is 49.5 Å². The van der Waals surface area contributed by atoms with E-state index in [2.05, 4.69) is 0 Å². The number of anilines is 1. The minimum absolute atomic E-state index is 0.0134. The van der Waals surface area contributed by atoms with Gasteiger partial charge < -0.3 is 5.11 Å². The van der Waals surface area contributed by atoms with Crippen molar-refractivity contribution in [3.8, 4) is 0 Å². The molecule has 0 saturated carbocycles. The third-order valence-electron chi connectivity index (χ3n) is 3.44. The Morgan fingerprint density at radius 2 is 1.92 bits per heavy atom. The van der Waals surface area contributed by atoms with Crippen LogP contribution in [0.25, 0.3) is 6.08 Å². The Morgan fingerprint density at radius 3 is 2.54 bits per heavy atom. The maximum Gasteiger partial charge on any atom is 0.328 e. The first-order valence-corrected chi connectivity index (χ1v) is 8.42. The predicted octanol–water partition coefficient (Wildman–Crippen LogP) is 3.06. The Kier molecular flexibility index (Phi) is 5.04. The number of rotatable bonds is 5. The van der Waals surface area contributed by atoms with Crippen LogP contribution in [0.4, 0.5) is 10.1 Å². The number of sulfonamides is 1. The Bertz CT molecular complexity index is 907. The fraction of sp³-hybridized carbons (Fsp3) is 0.118. The van der Waals surface area contributed by atoms with E-state index in [1.54, 1.807) is 13.0 Å². The summed E-state index contributed by atoms with van der Waals surface area (Å²) in [6, 6.07) is 9.96. The van der Waals surface area contributed by atoms with Gasteiger partial charge in [-0.05, 0) is 54.5 Å². The first kappa shape index (κ1) is 17.7. The fourth-order valence-electron chi connectivity index (χ4n) is 2.07. The van der Waals surface area contributed by atoms with Crippen LogP contribution in [-0.2, 0) is 14.8 Å². The lowest BCUT2D eigenvalue weighted by atomic mass is 10.2. The molecule has 0 spiro atoms. The first-order chi connectivity index (χ1) is 11.2. The SMILES string of the molecule is Cc1cc(N(C)S(=O)(=O)c2cccc(/C=C/C(=O)O)c2)ccc1F. The number of aryl methyl sites for hydroxylation is 1. The summed E-state index contributed by atoms with van der Waals surface area (Å²) in [6.07, 6.45) is 2.24. The molecule has 0 saturated heterocycles. The molecule has 0 aromatic heterocycles. The van der Waals surface area contributed by atoms with Crippen LogP contribution >= 0.6 is 0 Å². The molecule has 0 amide bonds. The number of hydrogen-bond donors (Lipinski definition) is 1. The smallest absolute Gasteiger partial charge is 0.328 e. The van der Waals surface area contributed by atoms with Crippen LogP contribution in [0.15, 0.2) is 53.4 Å². The molecule has 2 aromatic rings. The second-order valence-electron chi connectivity index (χ2n) is 5.15. The lowest BCUT2D eigenvalue weighted by Crippen LogP contribution is -2.26. The van der Waals surface area contributed by atoms with Gasteiger partial charge in [0, 0.05) is 13.1 Å². The van der Waals surface area contributed by atoms with Crippen molar-refractivity contribution in [2.45, 2.75) is 11.8 Å². The normalized spacial score (nSPS) is 11.6. The van der Waals surface area contributed by atoms with Crippen molar-refractivity contribution in [1.82, 2.24) is 0 Å². The monoisotopic (exact) mass is 349 g/mol. The Morgan fingerprint density at radius 1 is 1.21 bits per heavy atom. The van der Waals surface area contributed by atoms with E-state index >= 15 is 0 Å². The van der Waals surface area contributed by atoms with Crippen molar-refractivity contribution >= 4 is 27.8 Å². The molecule has 24 heavy (non-hydrogen) atoms. The van der Waals surface area contributed by atoms with E-state index in [4.69, 9.17) is 5.11 Å². The first-order valence-electron chi connectivity index (χ1n) is 6.98. The highest BCUT2D eigenvalue weighted by molar-refractivity contribution is 7.92. The van der Waals surface area contributed by atoms with Crippen molar-refractivity contribution in [2.75, 3.05) is 11.4 Å². The third-order valence-corrected chi connectivity index (χ3v) is 5.22. The molecule has 0 atom stereocenters. The van der Waals surface area contributed by atoms with E-state index in [-0.39, 0.29) is 4.90 Å². The highest BCUT2D eigenvalue weighted by Gasteiger charge is 2.21. The minimum atomic E-state index is -3.85. The Labute approximate surface area is 139 Å². The molecule has 0 aliphatic rings. The molecule has 0 fully saturated rings. The molecule has 0 bridgehead atoms. The Hall–Kier alpha value is -2.67. The maximum absolute atomic E-state index is 13.4. The summed E-state index contributed by atoms with van der Waals surface area (Å²) >= 11 is 0. The zero-order valence-corrected chi connectivity index (χ0v) is 13.9. The van der Waals surface area contributed by atoms with Gasteiger partial charge in [-0.3, -0.25) is 4.31 Å². The summed E-state index contributed by atoms with van der Waals surface area (Å²) in [5, 5.41) is 8.65. The van der Waals surface area contributed by atoms with Crippen LogP contribution in [0.3, 0.4) is 0 Å². The molecule has 7 heteroatoms. The fourth-order valence-corrected chi connectivity index (χ4v) is 3.31. The summed E-state index contributed by atoms with van der Waals surface area (Å²) in [5.74, 6) is -1.53. The largest absolute Gasteiger partial charge is 0.478 e. The molecule has 0 aliphatic carbocycles. The van der Waals surface area contributed by atoms with Gasteiger partial charge in [-0.15, -0.1) is 0 Å². The van der Waals surface area contributed by atoms with Gasteiger partial charge in [0.1, 0.15) is 5.82 Å². The molecule has 2 rings (SSSR count). The van der Waals surface area contributed by atoms with E-state index in [0.717, 1.165) is 10.4 Å². The van der Waals surface area contributed by atoms with Gasteiger partial charge in [0.05, 0.1) is 10.6 Å².